The zero-order valence-electron chi connectivity index (χ0n) is 19.1. The van der Waals surface area contributed by atoms with E-state index in [1.54, 1.807) is 12.1 Å². The average molecular weight is 456 g/mol. The zero-order chi connectivity index (χ0) is 24.4. The molecule has 9 nitrogen and oxygen atoms in total. The van der Waals surface area contributed by atoms with Gasteiger partial charge in [-0.15, -0.1) is 0 Å². The van der Waals surface area contributed by atoms with Crippen LogP contribution in [-0.2, 0) is 0 Å². The van der Waals surface area contributed by atoms with E-state index in [1.165, 1.54) is 16.8 Å². The first kappa shape index (κ1) is 22.7. The van der Waals surface area contributed by atoms with Crippen molar-refractivity contribution in [2.24, 2.45) is 5.92 Å². The number of aromatic hydroxyl groups is 1. The van der Waals surface area contributed by atoms with Gasteiger partial charge in [0.2, 0.25) is 5.95 Å². The Morgan fingerprint density at radius 3 is 2.50 bits per heavy atom. The Balaban J connectivity index is 1.91. The number of anilines is 2. The highest BCUT2D eigenvalue weighted by Crippen LogP contribution is 2.30. The number of hydrogen-bond acceptors (Lipinski definition) is 8. The third kappa shape index (κ3) is 4.13. The van der Waals surface area contributed by atoms with E-state index in [0.717, 1.165) is 0 Å². The minimum Gasteiger partial charge on any atom is -0.507 e. The molecule has 0 aliphatic carbocycles. The van der Waals surface area contributed by atoms with Crippen molar-refractivity contribution in [1.29, 1.82) is 5.26 Å². The van der Waals surface area contributed by atoms with Crippen molar-refractivity contribution in [3.63, 3.8) is 0 Å². The highest BCUT2D eigenvalue weighted by Gasteiger charge is 2.29. The number of nitrogens with one attached hydrogen (secondary N) is 1. The maximum Gasteiger partial charge on any atom is 0.269 e. The molecule has 0 spiro atoms. The summed E-state index contributed by atoms with van der Waals surface area (Å²) in [6.07, 6.45) is 1.38. The van der Waals surface area contributed by atoms with Crippen molar-refractivity contribution in [2.75, 3.05) is 11.1 Å². The third-order valence-electron chi connectivity index (χ3n) is 5.81. The van der Waals surface area contributed by atoms with Crippen LogP contribution in [0.15, 0.2) is 59.5 Å². The summed E-state index contributed by atoms with van der Waals surface area (Å²) in [4.78, 5) is 26.6. The number of phenolic OH excluding ortho intramolecular Hbond substituents is 1. The first-order chi connectivity index (χ1) is 16.3. The molecule has 0 saturated heterocycles. The molecule has 0 fully saturated rings. The summed E-state index contributed by atoms with van der Waals surface area (Å²) in [7, 11) is 0. The second-order valence-electron chi connectivity index (χ2n) is 8.42. The number of nitrogens with zero attached hydrogens (tertiary/aromatic N) is 5. The number of benzene rings is 2. The van der Waals surface area contributed by atoms with E-state index < -0.39 is 0 Å². The van der Waals surface area contributed by atoms with E-state index in [2.05, 4.69) is 21.4 Å². The fourth-order valence-corrected chi connectivity index (χ4v) is 4.14. The van der Waals surface area contributed by atoms with Gasteiger partial charge in [0.1, 0.15) is 34.4 Å². The molecule has 0 bridgehead atoms. The van der Waals surface area contributed by atoms with Gasteiger partial charge in [-0.3, -0.25) is 9.36 Å². The van der Waals surface area contributed by atoms with Crippen LogP contribution in [0.2, 0.25) is 0 Å². The van der Waals surface area contributed by atoms with Crippen LogP contribution < -0.4 is 16.6 Å². The second kappa shape index (κ2) is 9.19. The molecule has 4 N–H and O–H groups in total. The van der Waals surface area contributed by atoms with Crippen molar-refractivity contribution in [3.05, 3.63) is 76.5 Å². The molecule has 4 rings (SSSR count). The van der Waals surface area contributed by atoms with Crippen LogP contribution in [0.5, 0.6) is 5.75 Å². The first-order valence-electron chi connectivity index (χ1n) is 10.9. The maximum atomic E-state index is 13.6. The molecule has 0 aliphatic rings. The Morgan fingerprint density at radius 2 is 1.82 bits per heavy atom. The molecule has 2 atom stereocenters. The smallest absolute Gasteiger partial charge is 0.269 e. The third-order valence-corrected chi connectivity index (χ3v) is 5.81. The number of rotatable bonds is 6. The van der Waals surface area contributed by atoms with Gasteiger partial charge in [-0.2, -0.15) is 10.2 Å². The lowest BCUT2D eigenvalue weighted by Crippen LogP contribution is -2.36. The molecule has 0 aliphatic heterocycles. The van der Waals surface area contributed by atoms with E-state index in [9.17, 15) is 15.2 Å². The van der Waals surface area contributed by atoms with Crippen LogP contribution >= 0.6 is 0 Å². The number of aromatic nitrogens is 4. The largest absolute Gasteiger partial charge is 0.507 e. The van der Waals surface area contributed by atoms with Gasteiger partial charge in [0, 0.05) is 12.0 Å². The number of para-hydroxylation sites is 1. The van der Waals surface area contributed by atoms with Crippen molar-refractivity contribution >= 4 is 22.7 Å². The standard InChI is InChI=1S/C25H25N7O2/c1-14(2)21(30-22-16(12-26)13-28-25(27)31-22)15(3)23-29-18-10-7-11-19(33)20(18)24(34)32(23)17-8-5-4-6-9-17/h4-11,13-15,21,33H,1-3H3,(H3,27,28,30,31). The minimum absolute atomic E-state index is 0.0529. The fraction of sp³-hybridized carbons (Fsp3) is 0.240. The Labute approximate surface area is 196 Å². The molecule has 9 heteroatoms. The van der Waals surface area contributed by atoms with Gasteiger partial charge in [0.25, 0.3) is 5.56 Å². The Hall–Kier alpha value is -4.45. The molecular weight excluding hydrogens is 430 g/mol. The topological polar surface area (TPSA) is 143 Å². The fourth-order valence-electron chi connectivity index (χ4n) is 4.14. The van der Waals surface area contributed by atoms with Crippen molar-refractivity contribution < 1.29 is 5.11 Å². The summed E-state index contributed by atoms with van der Waals surface area (Å²) in [6, 6.07) is 15.8. The molecule has 172 valence electrons. The predicted octanol–water partition coefficient (Wildman–Crippen LogP) is 3.58. The SMILES string of the molecule is CC(C)C(Nc1nc(N)ncc1C#N)C(C)c1nc2cccc(O)c2c(=O)n1-c1ccccc1. The molecule has 0 saturated carbocycles. The highest BCUT2D eigenvalue weighted by molar-refractivity contribution is 5.84. The number of nitriles is 1. The van der Waals surface area contributed by atoms with Gasteiger partial charge in [-0.25, -0.2) is 9.97 Å². The monoisotopic (exact) mass is 455 g/mol. The van der Waals surface area contributed by atoms with Gasteiger partial charge < -0.3 is 16.2 Å². The van der Waals surface area contributed by atoms with Crippen LogP contribution in [0.3, 0.4) is 0 Å². The zero-order valence-corrected chi connectivity index (χ0v) is 19.1. The Bertz CT molecular complexity index is 1440. The maximum absolute atomic E-state index is 13.6. The molecule has 4 aromatic rings. The van der Waals surface area contributed by atoms with Crippen molar-refractivity contribution in [3.8, 4) is 17.5 Å². The van der Waals surface area contributed by atoms with E-state index in [0.29, 0.717) is 22.8 Å². The highest BCUT2D eigenvalue weighted by atomic mass is 16.3. The number of nitrogens with two attached hydrogens (primary N) is 1. The molecule has 2 unspecified atom stereocenters. The molecular formula is C25H25N7O2. The number of phenols is 1. The normalized spacial score (nSPS) is 12.9. The molecule has 0 amide bonds. The molecule has 34 heavy (non-hydrogen) atoms. The molecule has 2 aromatic carbocycles. The lowest BCUT2D eigenvalue weighted by Gasteiger charge is -2.30. The summed E-state index contributed by atoms with van der Waals surface area (Å²) < 4.78 is 1.53. The number of nitrogen functional groups attached to an aromatic ring is 1. The molecule has 2 aromatic heterocycles. The lowest BCUT2D eigenvalue weighted by molar-refractivity contribution is 0.442. The van der Waals surface area contributed by atoms with Crippen LogP contribution in [0.25, 0.3) is 16.6 Å². The van der Waals surface area contributed by atoms with Crippen LogP contribution in [0.4, 0.5) is 11.8 Å². The van der Waals surface area contributed by atoms with E-state index in [1.807, 2.05) is 51.1 Å². The average Bonchev–Trinajstić information content (AvgIpc) is 2.82. The van der Waals surface area contributed by atoms with E-state index >= 15 is 0 Å². The van der Waals surface area contributed by atoms with E-state index in [4.69, 9.17) is 10.7 Å². The Morgan fingerprint density at radius 1 is 1.09 bits per heavy atom. The summed E-state index contributed by atoms with van der Waals surface area (Å²) in [5.74, 6) is 0.541. The van der Waals surface area contributed by atoms with Crippen molar-refractivity contribution in [1.82, 2.24) is 19.5 Å². The van der Waals surface area contributed by atoms with Crippen LogP contribution in [-0.4, -0.2) is 30.7 Å². The summed E-state index contributed by atoms with van der Waals surface area (Å²) in [5.41, 5.74) is 6.72. The summed E-state index contributed by atoms with van der Waals surface area (Å²) in [6.45, 7) is 6.02. The number of fused-ring (bicyclic) bond motifs is 1. The van der Waals surface area contributed by atoms with E-state index in [-0.39, 0.29) is 46.1 Å². The summed E-state index contributed by atoms with van der Waals surface area (Å²) in [5, 5.41) is 23.4. The number of hydrogen-bond donors (Lipinski definition) is 3. The lowest BCUT2D eigenvalue weighted by atomic mass is 9.90. The van der Waals surface area contributed by atoms with Crippen LogP contribution in [0, 0.1) is 17.2 Å². The van der Waals surface area contributed by atoms with Gasteiger partial charge >= 0.3 is 0 Å². The van der Waals surface area contributed by atoms with Crippen LogP contribution in [0.1, 0.15) is 38.1 Å². The van der Waals surface area contributed by atoms with Gasteiger partial charge in [-0.05, 0) is 30.2 Å². The predicted molar refractivity (Wildman–Crippen MR) is 131 cm³/mol. The van der Waals surface area contributed by atoms with Gasteiger partial charge in [-0.1, -0.05) is 45.0 Å². The summed E-state index contributed by atoms with van der Waals surface area (Å²) >= 11 is 0. The first-order valence-corrected chi connectivity index (χ1v) is 10.9. The van der Waals surface area contributed by atoms with Crippen molar-refractivity contribution in [2.45, 2.75) is 32.7 Å². The second-order valence-corrected chi connectivity index (χ2v) is 8.42. The van der Waals surface area contributed by atoms with Gasteiger partial charge in [0.15, 0.2) is 0 Å². The van der Waals surface area contributed by atoms with Gasteiger partial charge in [0.05, 0.1) is 17.4 Å². The quantitative estimate of drug-likeness (QED) is 0.400. The minimum atomic E-state index is -0.359. The molecule has 0 radical (unpaired) electrons. The Kier molecular flexibility index (Phi) is 6.15. The molecule has 2 heterocycles.